The highest BCUT2D eigenvalue weighted by Crippen LogP contribution is 2.22. The Morgan fingerprint density at radius 2 is 2.29 bits per heavy atom. The molecule has 0 aromatic carbocycles. The monoisotopic (exact) mass is 254 g/mol. The number of hydrogen-bond donors (Lipinski definition) is 1. The topological polar surface area (TPSA) is 70.5 Å². The molecule has 1 aromatic rings. The maximum Gasteiger partial charge on any atom is 0.326 e. The van der Waals surface area contributed by atoms with Crippen molar-refractivity contribution in [2.45, 2.75) is 32.2 Å². The molecule has 1 N–H and O–H groups in total. The molecule has 0 radical (unpaired) electrons. The van der Waals surface area contributed by atoms with Crippen molar-refractivity contribution in [2.75, 3.05) is 6.54 Å². The maximum absolute atomic E-state index is 12.2. The first kappa shape index (κ1) is 12.0. The number of likely N-dealkylation sites (tertiary alicyclic amines) is 1. The van der Waals surface area contributed by atoms with Gasteiger partial charge in [-0.15, -0.1) is 11.3 Å². The molecule has 1 aromatic heterocycles. The van der Waals surface area contributed by atoms with Crippen molar-refractivity contribution in [3.05, 3.63) is 16.1 Å². The molecule has 1 aliphatic heterocycles. The molecule has 5 nitrogen and oxygen atoms in total. The van der Waals surface area contributed by atoms with Gasteiger partial charge in [0.1, 0.15) is 10.9 Å². The molecular formula is C11H14N2O3S. The molecule has 0 spiro atoms. The highest BCUT2D eigenvalue weighted by atomic mass is 32.1. The average Bonchev–Trinajstić information content (AvgIpc) is 2.74. The predicted octanol–water partition coefficient (Wildman–Crippen LogP) is 1.53. The largest absolute Gasteiger partial charge is 0.480 e. The third-order valence-electron chi connectivity index (χ3n) is 2.99. The highest BCUT2D eigenvalue weighted by Gasteiger charge is 2.33. The number of thiazole rings is 1. The number of carbonyl (C=O) groups is 2. The fraction of sp³-hybridized carbons (Fsp3) is 0.545. The van der Waals surface area contributed by atoms with Crippen molar-refractivity contribution in [3.8, 4) is 0 Å². The van der Waals surface area contributed by atoms with Gasteiger partial charge >= 0.3 is 5.97 Å². The van der Waals surface area contributed by atoms with Gasteiger partial charge in [-0.25, -0.2) is 9.78 Å². The Kier molecular flexibility index (Phi) is 3.42. The molecular weight excluding hydrogens is 240 g/mol. The highest BCUT2D eigenvalue weighted by molar-refractivity contribution is 7.11. The van der Waals surface area contributed by atoms with Gasteiger partial charge in [0.2, 0.25) is 0 Å². The van der Waals surface area contributed by atoms with Gasteiger partial charge in [-0.2, -0.15) is 0 Å². The van der Waals surface area contributed by atoms with E-state index in [9.17, 15) is 9.59 Å². The molecule has 0 bridgehead atoms. The second-order valence-electron chi connectivity index (χ2n) is 4.12. The van der Waals surface area contributed by atoms with Crippen molar-refractivity contribution in [2.24, 2.45) is 0 Å². The zero-order valence-electron chi connectivity index (χ0n) is 9.55. The lowest BCUT2D eigenvalue weighted by Crippen LogP contribution is -2.47. The smallest absolute Gasteiger partial charge is 0.326 e. The molecule has 1 aliphatic rings. The standard InChI is InChI=1S/C11H14N2O3S/c1-7-9(17-6-12-7)10(14)13-5-3-2-4-8(13)11(15)16/h6,8H,2-5H2,1H3,(H,15,16)/t8-/m0/s1. The number of aromatic nitrogens is 1. The summed E-state index contributed by atoms with van der Waals surface area (Å²) >= 11 is 1.27. The van der Waals surface area contributed by atoms with E-state index in [-0.39, 0.29) is 5.91 Å². The van der Waals surface area contributed by atoms with Crippen LogP contribution in [0.5, 0.6) is 0 Å². The van der Waals surface area contributed by atoms with Crippen LogP contribution in [0.15, 0.2) is 5.51 Å². The Balaban J connectivity index is 2.23. The molecule has 0 aliphatic carbocycles. The van der Waals surface area contributed by atoms with E-state index in [1.807, 2.05) is 0 Å². The number of amides is 1. The van der Waals surface area contributed by atoms with Crippen molar-refractivity contribution in [1.82, 2.24) is 9.88 Å². The molecule has 2 heterocycles. The van der Waals surface area contributed by atoms with Crippen LogP contribution in [-0.4, -0.2) is 39.5 Å². The van der Waals surface area contributed by atoms with Gasteiger partial charge < -0.3 is 10.0 Å². The summed E-state index contributed by atoms with van der Waals surface area (Å²) in [7, 11) is 0. The Morgan fingerprint density at radius 3 is 2.88 bits per heavy atom. The quantitative estimate of drug-likeness (QED) is 0.869. The number of piperidine rings is 1. The molecule has 1 fully saturated rings. The number of rotatable bonds is 2. The second-order valence-corrected chi connectivity index (χ2v) is 4.97. The summed E-state index contributed by atoms with van der Waals surface area (Å²) in [5, 5.41) is 9.12. The van der Waals surface area contributed by atoms with Gasteiger partial charge in [-0.3, -0.25) is 4.79 Å². The van der Waals surface area contributed by atoms with E-state index < -0.39 is 12.0 Å². The van der Waals surface area contributed by atoms with Crippen LogP contribution in [0, 0.1) is 6.92 Å². The van der Waals surface area contributed by atoms with E-state index in [1.165, 1.54) is 16.2 Å². The van der Waals surface area contributed by atoms with Crippen molar-refractivity contribution >= 4 is 23.2 Å². The van der Waals surface area contributed by atoms with Crippen LogP contribution in [0.25, 0.3) is 0 Å². The summed E-state index contributed by atoms with van der Waals surface area (Å²) in [6, 6.07) is -0.683. The van der Waals surface area contributed by atoms with Crippen molar-refractivity contribution < 1.29 is 14.7 Å². The lowest BCUT2D eigenvalue weighted by molar-refractivity contribution is -0.143. The van der Waals surface area contributed by atoms with Gasteiger partial charge in [0, 0.05) is 6.54 Å². The number of aliphatic carboxylic acids is 1. The number of carboxylic acids is 1. The zero-order valence-corrected chi connectivity index (χ0v) is 10.4. The average molecular weight is 254 g/mol. The number of aryl methyl sites for hydroxylation is 1. The van der Waals surface area contributed by atoms with E-state index in [4.69, 9.17) is 5.11 Å². The van der Waals surface area contributed by atoms with Crippen LogP contribution in [0.1, 0.15) is 34.6 Å². The second kappa shape index (κ2) is 4.83. The summed E-state index contributed by atoms with van der Waals surface area (Å²) < 4.78 is 0. The van der Waals surface area contributed by atoms with E-state index >= 15 is 0 Å². The fourth-order valence-corrected chi connectivity index (χ4v) is 2.83. The molecule has 6 heteroatoms. The van der Waals surface area contributed by atoms with Gasteiger partial charge in [-0.1, -0.05) is 0 Å². The van der Waals surface area contributed by atoms with Gasteiger partial charge in [-0.05, 0) is 26.2 Å². The Labute approximate surface area is 103 Å². The lowest BCUT2D eigenvalue weighted by atomic mass is 10.0. The SMILES string of the molecule is Cc1ncsc1C(=O)N1CCCC[C@H]1C(=O)O. The number of hydrogen-bond acceptors (Lipinski definition) is 4. The van der Waals surface area contributed by atoms with Crippen LogP contribution in [-0.2, 0) is 4.79 Å². The van der Waals surface area contributed by atoms with Crippen molar-refractivity contribution in [1.29, 1.82) is 0 Å². The number of carboxylic acid groups (broad SMARTS) is 1. The van der Waals surface area contributed by atoms with Crippen LogP contribution in [0.4, 0.5) is 0 Å². The molecule has 1 amide bonds. The van der Waals surface area contributed by atoms with Crippen LogP contribution in [0.3, 0.4) is 0 Å². The summed E-state index contributed by atoms with van der Waals surface area (Å²) in [6.07, 6.45) is 2.27. The molecule has 1 saturated heterocycles. The molecule has 1 atom stereocenters. The van der Waals surface area contributed by atoms with Crippen LogP contribution in [0.2, 0.25) is 0 Å². The van der Waals surface area contributed by atoms with Gasteiger partial charge in [0.15, 0.2) is 0 Å². The third kappa shape index (κ3) is 2.31. The van der Waals surface area contributed by atoms with E-state index in [1.54, 1.807) is 12.4 Å². The van der Waals surface area contributed by atoms with Gasteiger partial charge in [0.25, 0.3) is 5.91 Å². The summed E-state index contributed by atoms with van der Waals surface area (Å²) in [6.45, 7) is 2.29. The molecule has 92 valence electrons. The van der Waals surface area contributed by atoms with Crippen molar-refractivity contribution in [3.63, 3.8) is 0 Å². The Morgan fingerprint density at radius 1 is 1.53 bits per heavy atom. The minimum atomic E-state index is -0.916. The summed E-state index contributed by atoms with van der Waals surface area (Å²) in [4.78, 5) is 29.4. The fourth-order valence-electron chi connectivity index (χ4n) is 2.07. The normalized spacial score (nSPS) is 20.3. The lowest BCUT2D eigenvalue weighted by Gasteiger charge is -2.32. The Bertz CT molecular complexity index is 444. The Hall–Kier alpha value is -1.43. The van der Waals surface area contributed by atoms with Crippen LogP contribution >= 0.6 is 11.3 Å². The van der Waals surface area contributed by atoms with E-state index in [0.717, 1.165) is 12.8 Å². The summed E-state index contributed by atoms with van der Waals surface area (Å²) in [5.74, 6) is -1.11. The van der Waals surface area contributed by atoms with E-state index in [2.05, 4.69) is 4.98 Å². The van der Waals surface area contributed by atoms with E-state index in [0.29, 0.717) is 23.5 Å². The number of nitrogens with zero attached hydrogens (tertiary/aromatic N) is 2. The first-order valence-electron chi connectivity index (χ1n) is 5.55. The molecule has 0 unspecified atom stereocenters. The first-order chi connectivity index (χ1) is 8.11. The minimum absolute atomic E-state index is 0.197. The summed E-state index contributed by atoms with van der Waals surface area (Å²) in [5.41, 5.74) is 2.29. The molecule has 0 saturated carbocycles. The van der Waals surface area contributed by atoms with Gasteiger partial charge in [0.05, 0.1) is 11.2 Å². The first-order valence-corrected chi connectivity index (χ1v) is 6.43. The number of carbonyl (C=O) groups excluding carboxylic acids is 1. The molecule has 2 rings (SSSR count). The van der Waals surface area contributed by atoms with Crippen LogP contribution < -0.4 is 0 Å². The predicted molar refractivity (Wildman–Crippen MR) is 63.2 cm³/mol. The maximum atomic E-state index is 12.2. The zero-order chi connectivity index (χ0) is 12.4. The minimum Gasteiger partial charge on any atom is -0.480 e. The molecule has 17 heavy (non-hydrogen) atoms. The third-order valence-corrected chi connectivity index (χ3v) is 3.91.